The molecule has 1 aliphatic heterocycles. The SMILES string of the molecule is COc1cccc(N2CCN(C(=O)CNS(=O)(=O)c3ccc(C#N)cc3)CC2)c1. The summed E-state index contributed by atoms with van der Waals surface area (Å²) in [5.41, 5.74) is 1.40. The van der Waals surface area contributed by atoms with E-state index in [1.54, 1.807) is 12.0 Å². The number of anilines is 1. The normalized spacial score (nSPS) is 14.3. The molecule has 1 aliphatic rings. The van der Waals surface area contributed by atoms with Crippen molar-refractivity contribution in [3.63, 3.8) is 0 Å². The van der Waals surface area contributed by atoms with E-state index in [4.69, 9.17) is 10.00 Å². The van der Waals surface area contributed by atoms with Crippen LogP contribution in [0.25, 0.3) is 0 Å². The first-order valence-corrected chi connectivity index (χ1v) is 10.6. The molecule has 2 aromatic rings. The number of rotatable bonds is 6. The minimum absolute atomic E-state index is 0.0205. The van der Waals surface area contributed by atoms with Crippen LogP contribution in [0.4, 0.5) is 5.69 Å². The van der Waals surface area contributed by atoms with Crippen LogP contribution in [-0.2, 0) is 14.8 Å². The van der Waals surface area contributed by atoms with Crippen LogP contribution in [-0.4, -0.2) is 59.1 Å². The summed E-state index contributed by atoms with van der Waals surface area (Å²) < 4.78 is 32.2. The van der Waals surface area contributed by atoms with E-state index >= 15 is 0 Å². The van der Waals surface area contributed by atoms with Crippen molar-refractivity contribution in [1.82, 2.24) is 9.62 Å². The lowest BCUT2D eigenvalue weighted by Crippen LogP contribution is -2.51. The number of carbonyl (C=O) groups excluding carboxylic acids is 1. The van der Waals surface area contributed by atoms with E-state index in [0.29, 0.717) is 31.7 Å². The second kappa shape index (κ2) is 8.94. The summed E-state index contributed by atoms with van der Waals surface area (Å²) in [6.07, 6.45) is 0. The van der Waals surface area contributed by atoms with Crippen LogP contribution >= 0.6 is 0 Å². The Bertz CT molecular complexity index is 1010. The zero-order valence-electron chi connectivity index (χ0n) is 16.0. The first kappa shape index (κ1) is 20.6. The molecule has 0 aromatic heterocycles. The highest BCUT2D eigenvalue weighted by Gasteiger charge is 2.23. The van der Waals surface area contributed by atoms with Crippen LogP contribution in [0.15, 0.2) is 53.4 Å². The van der Waals surface area contributed by atoms with Gasteiger partial charge in [0.15, 0.2) is 0 Å². The van der Waals surface area contributed by atoms with Crippen molar-refractivity contribution in [2.45, 2.75) is 4.90 Å². The Kier molecular flexibility index (Phi) is 6.36. The molecule has 0 bridgehead atoms. The molecule has 3 rings (SSSR count). The topological polar surface area (TPSA) is 103 Å². The molecule has 0 radical (unpaired) electrons. The molecule has 2 aromatic carbocycles. The fourth-order valence-electron chi connectivity index (χ4n) is 3.08. The van der Waals surface area contributed by atoms with Gasteiger partial charge in [-0.3, -0.25) is 4.79 Å². The third-order valence-corrected chi connectivity index (χ3v) is 6.18. The van der Waals surface area contributed by atoms with Gasteiger partial charge in [0.2, 0.25) is 15.9 Å². The quantitative estimate of drug-likeness (QED) is 0.762. The summed E-state index contributed by atoms with van der Waals surface area (Å²) in [6.45, 7) is 2.02. The number of nitrogens with zero attached hydrogens (tertiary/aromatic N) is 3. The predicted molar refractivity (Wildman–Crippen MR) is 108 cm³/mol. The van der Waals surface area contributed by atoms with E-state index in [9.17, 15) is 13.2 Å². The Morgan fingerprint density at radius 3 is 2.45 bits per heavy atom. The number of nitrogens with one attached hydrogen (secondary N) is 1. The Morgan fingerprint density at radius 1 is 1.14 bits per heavy atom. The number of benzene rings is 2. The highest BCUT2D eigenvalue weighted by atomic mass is 32.2. The Morgan fingerprint density at radius 2 is 1.83 bits per heavy atom. The lowest BCUT2D eigenvalue weighted by atomic mass is 10.2. The second-order valence-electron chi connectivity index (χ2n) is 6.53. The minimum Gasteiger partial charge on any atom is -0.497 e. The highest BCUT2D eigenvalue weighted by molar-refractivity contribution is 7.89. The van der Waals surface area contributed by atoms with Crippen molar-refractivity contribution in [2.24, 2.45) is 0 Å². The highest BCUT2D eigenvalue weighted by Crippen LogP contribution is 2.22. The lowest BCUT2D eigenvalue weighted by molar-refractivity contribution is -0.130. The van der Waals surface area contributed by atoms with Gasteiger partial charge < -0.3 is 14.5 Å². The molecular weight excluding hydrogens is 392 g/mol. The zero-order chi connectivity index (χ0) is 20.9. The van der Waals surface area contributed by atoms with Crippen molar-refractivity contribution < 1.29 is 17.9 Å². The van der Waals surface area contributed by atoms with Crippen LogP contribution in [0.5, 0.6) is 5.75 Å². The maximum atomic E-state index is 12.4. The van der Waals surface area contributed by atoms with E-state index in [2.05, 4.69) is 9.62 Å². The molecule has 1 saturated heterocycles. The Labute approximate surface area is 170 Å². The second-order valence-corrected chi connectivity index (χ2v) is 8.30. The van der Waals surface area contributed by atoms with Crippen molar-refractivity contribution in [3.05, 3.63) is 54.1 Å². The van der Waals surface area contributed by atoms with Gasteiger partial charge in [0.25, 0.3) is 0 Å². The number of sulfonamides is 1. The van der Waals surface area contributed by atoms with Crippen LogP contribution in [0.2, 0.25) is 0 Å². The van der Waals surface area contributed by atoms with Crippen LogP contribution in [0.1, 0.15) is 5.56 Å². The summed E-state index contributed by atoms with van der Waals surface area (Å²) in [4.78, 5) is 16.3. The summed E-state index contributed by atoms with van der Waals surface area (Å²) in [6, 6.07) is 15.2. The van der Waals surface area contributed by atoms with Gasteiger partial charge in [-0.15, -0.1) is 0 Å². The van der Waals surface area contributed by atoms with E-state index in [1.807, 2.05) is 30.3 Å². The van der Waals surface area contributed by atoms with Crippen molar-refractivity contribution in [3.8, 4) is 11.8 Å². The van der Waals surface area contributed by atoms with E-state index in [1.165, 1.54) is 24.3 Å². The number of carbonyl (C=O) groups is 1. The van der Waals surface area contributed by atoms with Crippen LogP contribution in [0, 0.1) is 11.3 Å². The Hall–Kier alpha value is -3.09. The average Bonchev–Trinajstić information content (AvgIpc) is 2.77. The van der Waals surface area contributed by atoms with Crippen molar-refractivity contribution in [1.29, 1.82) is 5.26 Å². The van der Waals surface area contributed by atoms with Gasteiger partial charge in [-0.25, -0.2) is 13.1 Å². The number of hydrogen-bond donors (Lipinski definition) is 1. The standard InChI is InChI=1S/C20H22N4O4S/c1-28-18-4-2-3-17(13-18)23-9-11-24(12-10-23)20(25)15-22-29(26,27)19-7-5-16(14-21)6-8-19/h2-8,13,22H,9-12,15H2,1H3. The molecule has 0 atom stereocenters. The molecule has 0 unspecified atom stereocenters. The Balaban J connectivity index is 1.53. The van der Waals surface area contributed by atoms with E-state index in [-0.39, 0.29) is 17.3 Å². The van der Waals surface area contributed by atoms with Gasteiger partial charge >= 0.3 is 0 Å². The molecule has 152 valence electrons. The largest absolute Gasteiger partial charge is 0.497 e. The van der Waals surface area contributed by atoms with Crippen molar-refractivity contribution in [2.75, 3.05) is 44.7 Å². The maximum Gasteiger partial charge on any atom is 0.241 e. The van der Waals surface area contributed by atoms with Crippen LogP contribution < -0.4 is 14.4 Å². The summed E-state index contributed by atoms with van der Waals surface area (Å²) in [5, 5.41) is 8.79. The third-order valence-electron chi connectivity index (χ3n) is 4.76. The van der Waals surface area contributed by atoms with E-state index in [0.717, 1.165) is 11.4 Å². The van der Waals surface area contributed by atoms with E-state index < -0.39 is 10.0 Å². The average molecular weight is 414 g/mol. The molecule has 9 heteroatoms. The molecule has 1 heterocycles. The zero-order valence-corrected chi connectivity index (χ0v) is 16.9. The number of amides is 1. The summed E-state index contributed by atoms with van der Waals surface area (Å²) >= 11 is 0. The molecule has 1 fully saturated rings. The number of nitriles is 1. The van der Waals surface area contributed by atoms with Gasteiger partial charge in [-0.2, -0.15) is 5.26 Å². The molecule has 1 N–H and O–H groups in total. The van der Waals surface area contributed by atoms with Gasteiger partial charge in [-0.05, 0) is 36.4 Å². The number of hydrogen-bond acceptors (Lipinski definition) is 6. The van der Waals surface area contributed by atoms with Gasteiger partial charge in [0.1, 0.15) is 5.75 Å². The fraction of sp³-hybridized carbons (Fsp3) is 0.300. The third kappa shape index (κ3) is 5.04. The number of piperazine rings is 1. The maximum absolute atomic E-state index is 12.4. The minimum atomic E-state index is -3.81. The first-order chi connectivity index (χ1) is 13.9. The lowest BCUT2D eigenvalue weighted by Gasteiger charge is -2.36. The summed E-state index contributed by atoms with van der Waals surface area (Å²) in [5.74, 6) is 0.505. The molecular formula is C20H22N4O4S. The molecule has 8 nitrogen and oxygen atoms in total. The first-order valence-electron chi connectivity index (χ1n) is 9.09. The molecule has 0 saturated carbocycles. The fourth-order valence-corrected chi connectivity index (χ4v) is 4.06. The van der Waals surface area contributed by atoms with Crippen LogP contribution in [0.3, 0.4) is 0 Å². The molecule has 0 spiro atoms. The molecule has 0 aliphatic carbocycles. The summed E-state index contributed by atoms with van der Waals surface area (Å²) in [7, 11) is -2.19. The smallest absolute Gasteiger partial charge is 0.241 e. The van der Waals surface area contributed by atoms with Gasteiger partial charge in [-0.1, -0.05) is 6.07 Å². The van der Waals surface area contributed by atoms with Gasteiger partial charge in [0, 0.05) is 37.9 Å². The number of ether oxygens (including phenoxy) is 1. The van der Waals surface area contributed by atoms with Crippen molar-refractivity contribution >= 4 is 21.6 Å². The predicted octanol–water partition coefficient (Wildman–Crippen LogP) is 1.19. The molecule has 29 heavy (non-hydrogen) atoms. The number of methoxy groups -OCH3 is 1. The molecule has 1 amide bonds. The van der Waals surface area contributed by atoms with Gasteiger partial charge in [0.05, 0.1) is 30.2 Å². The monoisotopic (exact) mass is 414 g/mol.